The molecule has 30 heavy (non-hydrogen) atoms. The number of aromatic nitrogens is 4. The van der Waals surface area contributed by atoms with Crippen molar-refractivity contribution in [3.05, 3.63) is 84.5 Å². The van der Waals surface area contributed by atoms with Crippen LogP contribution in [-0.4, -0.2) is 18.7 Å². The summed E-state index contributed by atoms with van der Waals surface area (Å²) in [6.07, 6.45) is 0. The molecule has 0 radical (unpaired) electrons. The van der Waals surface area contributed by atoms with Crippen molar-refractivity contribution in [3.63, 3.8) is 0 Å². The summed E-state index contributed by atoms with van der Waals surface area (Å²) in [4.78, 5) is 30.0. The van der Waals surface area contributed by atoms with Crippen LogP contribution in [0.1, 0.15) is 16.7 Å². The van der Waals surface area contributed by atoms with E-state index in [-0.39, 0.29) is 11.7 Å². The Kier molecular flexibility index (Phi) is 5.11. The molecule has 2 aromatic carbocycles. The Bertz CT molecular complexity index is 1400. The van der Waals surface area contributed by atoms with Gasteiger partial charge in [0, 0.05) is 18.6 Å². The number of aryl methyl sites for hydroxylation is 2. The molecule has 4 aromatic rings. The fourth-order valence-corrected chi connectivity index (χ4v) is 3.79. The maximum atomic E-state index is 13.0. The summed E-state index contributed by atoms with van der Waals surface area (Å²) in [6.45, 7) is 4.33. The maximum absolute atomic E-state index is 13.0. The Morgan fingerprint density at radius 2 is 1.73 bits per heavy atom. The molecule has 0 aliphatic carbocycles. The highest BCUT2D eigenvalue weighted by Crippen LogP contribution is 2.29. The topological polar surface area (TPSA) is 71.1 Å². The molecule has 0 saturated carbocycles. The smallest absolute Gasteiger partial charge is 0.332 e. The second kappa shape index (κ2) is 7.60. The first-order chi connectivity index (χ1) is 14.3. The first kappa shape index (κ1) is 20.2. The first-order valence-electron chi connectivity index (χ1n) is 9.43. The van der Waals surface area contributed by atoms with Crippen LogP contribution in [0.2, 0.25) is 0 Å². The summed E-state index contributed by atoms with van der Waals surface area (Å²) < 4.78 is 11.3. The van der Waals surface area contributed by atoms with Gasteiger partial charge in [-0.05, 0) is 42.7 Å². The largest absolute Gasteiger partial charge is 0.425 e. The minimum Gasteiger partial charge on any atom is -0.425 e. The summed E-state index contributed by atoms with van der Waals surface area (Å²) in [5.74, 6) is 0.653. The van der Waals surface area contributed by atoms with E-state index in [0.29, 0.717) is 17.8 Å². The molecule has 0 aliphatic rings. The zero-order chi connectivity index (χ0) is 21.6. The molecule has 0 amide bonds. The van der Waals surface area contributed by atoms with Gasteiger partial charge in [0.05, 0.1) is 6.54 Å². The van der Waals surface area contributed by atoms with E-state index in [1.807, 2.05) is 56.3 Å². The number of nitrogens with zero attached hydrogens (tertiary/aromatic N) is 4. The highest BCUT2D eigenvalue weighted by Gasteiger charge is 2.21. The van der Waals surface area contributed by atoms with Gasteiger partial charge in [-0.3, -0.25) is 18.5 Å². The molecule has 0 fully saturated rings. The number of rotatable bonds is 4. The second-order valence-electron chi connectivity index (χ2n) is 7.25. The van der Waals surface area contributed by atoms with Crippen molar-refractivity contribution in [2.45, 2.75) is 20.4 Å². The van der Waals surface area contributed by atoms with Crippen LogP contribution >= 0.6 is 15.9 Å². The van der Waals surface area contributed by atoms with Crippen molar-refractivity contribution in [1.82, 2.24) is 18.7 Å². The zero-order valence-corrected chi connectivity index (χ0v) is 18.7. The van der Waals surface area contributed by atoms with E-state index >= 15 is 0 Å². The van der Waals surface area contributed by atoms with Gasteiger partial charge in [0.2, 0.25) is 0 Å². The first-order valence-corrected chi connectivity index (χ1v) is 10.2. The van der Waals surface area contributed by atoms with Crippen LogP contribution in [0.4, 0.5) is 0 Å². The van der Waals surface area contributed by atoms with Crippen molar-refractivity contribution in [2.24, 2.45) is 14.1 Å². The van der Waals surface area contributed by atoms with E-state index in [1.165, 1.54) is 11.6 Å². The minimum absolute atomic E-state index is 0.257. The van der Waals surface area contributed by atoms with Gasteiger partial charge in [0.25, 0.3) is 5.56 Å². The van der Waals surface area contributed by atoms with Crippen molar-refractivity contribution in [1.29, 1.82) is 0 Å². The Hall–Kier alpha value is -3.13. The van der Waals surface area contributed by atoms with Crippen LogP contribution in [0.5, 0.6) is 11.8 Å². The molecule has 2 heterocycles. The molecule has 0 bridgehead atoms. The van der Waals surface area contributed by atoms with E-state index in [0.717, 1.165) is 25.7 Å². The van der Waals surface area contributed by atoms with Crippen molar-refractivity contribution < 1.29 is 4.74 Å². The lowest BCUT2D eigenvalue weighted by Crippen LogP contribution is -2.37. The number of hydrogen-bond acceptors (Lipinski definition) is 4. The third-order valence-electron chi connectivity index (χ3n) is 5.36. The van der Waals surface area contributed by atoms with Gasteiger partial charge in [-0.25, -0.2) is 4.79 Å². The van der Waals surface area contributed by atoms with E-state index in [9.17, 15) is 9.59 Å². The average Bonchev–Trinajstić information content (AvgIpc) is 3.08. The summed E-state index contributed by atoms with van der Waals surface area (Å²) in [7, 11) is 3.06. The number of fused-ring (bicyclic) bond motifs is 1. The summed E-state index contributed by atoms with van der Waals surface area (Å²) >= 11 is 3.56. The monoisotopic (exact) mass is 468 g/mol. The lowest BCUT2D eigenvalue weighted by Gasteiger charge is -2.13. The van der Waals surface area contributed by atoms with E-state index < -0.39 is 11.2 Å². The van der Waals surface area contributed by atoms with Crippen LogP contribution in [0.25, 0.3) is 11.2 Å². The average molecular weight is 469 g/mol. The molecule has 0 N–H and O–H groups in total. The van der Waals surface area contributed by atoms with Crippen LogP contribution in [0.15, 0.2) is 56.5 Å². The van der Waals surface area contributed by atoms with E-state index in [4.69, 9.17) is 4.74 Å². The third-order valence-corrected chi connectivity index (χ3v) is 6.13. The van der Waals surface area contributed by atoms with Crippen LogP contribution in [-0.2, 0) is 20.6 Å². The van der Waals surface area contributed by atoms with E-state index in [2.05, 4.69) is 20.9 Å². The molecular weight excluding hydrogens is 448 g/mol. The third kappa shape index (κ3) is 3.27. The molecule has 0 aliphatic heterocycles. The number of ether oxygens (including phenoxy) is 1. The number of hydrogen-bond donors (Lipinski definition) is 0. The van der Waals surface area contributed by atoms with Crippen molar-refractivity contribution >= 4 is 27.1 Å². The molecule has 7 nitrogen and oxygen atoms in total. The van der Waals surface area contributed by atoms with Crippen molar-refractivity contribution in [3.8, 4) is 11.8 Å². The van der Waals surface area contributed by atoms with Gasteiger partial charge in [-0.1, -0.05) is 46.3 Å². The zero-order valence-electron chi connectivity index (χ0n) is 17.1. The van der Waals surface area contributed by atoms with E-state index in [1.54, 1.807) is 11.6 Å². The minimum atomic E-state index is -0.434. The summed E-state index contributed by atoms with van der Waals surface area (Å²) in [5.41, 5.74) is 2.78. The predicted octanol–water partition coefficient (Wildman–Crippen LogP) is 3.65. The number of halogens is 1. The lowest BCUT2D eigenvalue weighted by molar-refractivity contribution is 0.418. The fraction of sp³-hybridized carbons (Fsp3) is 0.227. The van der Waals surface area contributed by atoms with Gasteiger partial charge >= 0.3 is 11.7 Å². The van der Waals surface area contributed by atoms with Crippen molar-refractivity contribution in [2.75, 3.05) is 0 Å². The maximum Gasteiger partial charge on any atom is 0.332 e. The van der Waals surface area contributed by atoms with Crippen LogP contribution < -0.4 is 16.0 Å². The highest BCUT2D eigenvalue weighted by molar-refractivity contribution is 9.10. The molecular formula is C22H21BrN4O3. The molecule has 0 atom stereocenters. The van der Waals surface area contributed by atoms with Gasteiger partial charge in [-0.15, -0.1) is 0 Å². The summed E-state index contributed by atoms with van der Waals surface area (Å²) in [5, 5.41) is 0. The number of imidazole rings is 1. The normalized spacial score (nSPS) is 11.2. The van der Waals surface area contributed by atoms with Gasteiger partial charge in [0.1, 0.15) is 5.75 Å². The molecule has 0 spiro atoms. The summed E-state index contributed by atoms with van der Waals surface area (Å²) in [6, 6.07) is 13.8. The molecule has 154 valence electrons. The SMILES string of the molecule is Cc1cccc(Oc2nc3c(c(=O)n(C)c(=O)n3C)n2Cc2ccccc2Br)c1C. The lowest BCUT2D eigenvalue weighted by atomic mass is 10.1. The molecule has 8 heteroatoms. The predicted molar refractivity (Wildman–Crippen MR) is 119 cm³/mol. The molecule has 2 aromatic heterocycles. The second-order valence-corrected chi connectivity index (χ2v) is 8.10. The van der Waals surface area contributed by atoms with Gasteiger partial charge in [0.15, 0.2) is 11.2 Å². The number of benzene rings is 2. The highest BCUT2D eigenvalue weighted by atomic mass is 79.9. The Labute approximate surface area is 181 Å². The fourth-order valence-electron chi connectivity index (χ4n) is 3.38. The van der Waals surface area contributed by atoms with Crippen LogP contribution in [0.3, 0.4) is 0 Å². The molecule has 0 unspecified atom stereocenters. The Morgan fingerprint density at radius 3 is 2.47 bits per heavy atom. The Balaban J connectivity index is 1.99. The quantitative estimate of drug-likeness (QED) is 0.458. The van der Waals surface area contributed by atoms with Gasteiger partial charge < -0.3 is 4.74 Å². The van der Waals surface area contributed by atoms with Gasteiger partial charge in [-0.2, -0.15) is 4.98 Å². The standard InChI is InChI=1S/C22H21BrN4O3/c1-13-8-7-11-17(14(13)2)30-21-24-19-18(20(28)26(4)22(29)25(19)3)27(21)12-15-9-5-6-10-16(15)23/h5-11H,12H2,1-4H3. The Morgan fingerprint density at radius 1 is 1.00 bits per heavy atom. The van der Waals surface area contributed by atoms with Crippen LogP contribution in [0, 0.1) is 13.8 Å². The molecule has 0 saturated heterocycles. The molecule has 4 rings (SSSR count).